The number of rotatable bonds is 4. The summed E-state index contributed by atoms with van der Waals surface area (Å²) in [6.07, 6.45) is 1.85. The van der Waals surface area contributed by atoms with Gasteiger partial charge in [0.15, 0.2) is 0 Å². The number of nitrogens with zero attached hydrogens (tertiary/aromatic N) is 3. The molecule has 2 aliphatic heterocycles. The zero-order valence-electron chi connectivity index (χ0n) is 17.5. The highest BCUT2D eigenvalue weighted by atomic mass is 19.1. The maximum absolute atomic E-state index is 13.3. The number of nitrogens with one attached hydrogen (secondary N) is 1. The first kappa shape index (κ1) is 20.2. The Morgan fingerprint density at radius 3 is 2.47 bits per heavy atom. The van der Waals surface area contributed by atoms with Gasteiger partial charge >= 0.3 is 0 Å². The van der Waals surface area contributed by atoms with E-state index in [0.29, 0.717) is 30.4 Å². The van der Waals surface area contributed by atoms with E-state index in [-0.39, 0.29) is 18.1 Å². The summed E-state index contributed by atoms with van der Waals surface area (Å²) in [4.78, 5) is 30.4. The molecule has 7 nitrogen and oxygen atoms in total. The minimum Gasteiger partial charge on any atom is -0.368 e. The first-order valence-corrected chi connectivity index (χ1v) is 10.8. The van der Waals surface area contributed by atoms with Crippen molar-refractivity contribution in [3.63, 3.8) is 0 Å². The Labute approximate surface area is 184 Å². The number of hydrazone groups is 1. The average molecular weight is 433 g/mol. The fraction of sp³-hybridized carbons (Fsp3) is 0.292. The molecule has 1 unspecified atom stereocenters. The van der Waals surface area contributed by atoms with Gasteiger partial charge in [0.2, 0.25) is 5.91 Å². The molecule has 0 aliphatic carbocycles. The lowest BCUT2D eigenvalue weighted by molar-refractivity contribution is -0.125. The molecule has 164 valence electrons. The summed E-state index contributed by atoms with van der Waals surface area (Å²) in [6.45, 7) is 1.24. The van der Waals surface area contributed by atoms with Crippen LogP contribution in [0.15, 0.2) is 59.7 Å². The Bertz CT molecular complexity index is 1160. The molecule has 0 bridgehead atoms. The van der Waals surface area contributed by atoms with Crippen LogP contribution < -0.4 is 10.7 Å². The number of piperidine rings is 1. The lowest BCUT2D eigenvalue weighted by atomic mass is 9.93. The summed E-state index contributed by atoms with van der Waals surface area (Å²) in [5.41, 5.74) is 8.71. The zero-order chi connectivity index (χ0) is 22.2. The molecule has 3 N–H and O–H groups in total. The Morgan fingerprint density at radius 1 is 1.06 bits per heavy atom. The number of halogens is 1. The van der Waals surface area contributed by atoms with Gasteiger partial charge < -0.3 is 15.6 Å². The number of likely N-dealkylation sites (tertiary alicyclic amines) is 1. The molecule has 1 saturated heterocycles. The standard InChI is InChI=1S/C24H24FN5O2/c25-17-5-7-18(8-6-17)30-22(23(26)31)14-21(28-30)24(32)29-11-9-15(10-12-29)20-13-16-3-1-2-4-19(16)27-20/h1-8,13,15,22,27H,9-12,14H2,(H2,26,31). The largest absolute Gasteiger partial charge is 0.368 e. The summed E-state index contributed by atoms with van der Waals surface area (Å²) < 4.78 is 13.3. The van der Waals surface area contributed by atoms with Crippen molar-refractivity contribution < 1.29 is 14.0 Å². The molecule has 32 heavy (non-hydrogen) atoms. The Morgan fingerprint density at radius 2 is 1.78 bits per heavy atom. The first-order chi connectivity index (χ1) is 15.5. The Balaban J connectivity index is 1.28. The van der Waals surface area contributed by atoms with Gasteiger partial charge in [0.25, 0.3) is 5.91 Å². The van der Waals surface area contributed by atoms with Crippen LogP contribution in [0.1, 0.15) is 30.9 Å². The second-order valence-corrected chi connectivity index (χ2v) is 8.37. The molecule has 3 aromatic rings. The summed E-state index contributed by atoms with van der Waals surface area (Å²) in [7, 11) is 0. The van der Waals surface area contributed by atoms with Crippen LogP contribution in [-0.2, 0) is 9.59 Å². The van der Waals surface area contributed by atoms with E-state index in [4.69, 9.17) is 5.73 Å². The molecular weight excluding hydrogens is 409 g/mol. The van der Waals surface area contributed by atoms with Crippen molar-refractivity contribution >= 4 is 34.1 Å². The summed E-state index contributed by atoms with van der Waals surface area (Å²) >= 11 is 0. The van der Waals surface area contributed by atoms with Crippen LogP contribution in [0.5, 0.6) is 0 Å². The van der Waals surface area contributed by atoms with E-state index in [0.717, 1.165) is 18.4 Å². The first-order valence-electron chi connectivity index (χ1n) is 10.8. The maximum Gasteiger partial charge on any atom is 0.270 e. The number of carbonyl (C=O) groups excluding carboxylic acids is 2. The van der Waals surface area contributed by atoms with Crippen LogP contribution in [0.3, 0.4) is 0 Å². The van der Waals surface area contributed by atoms with E-state index in [9.17, 15) is 14.0 Å². The topological polar surface area (TPSA) is 94.8 Å². The number of hydrogen-bond acceptors (Lipinski definition) is 4. The number of benzene rings is 2. The third-order valence-electron chi connectivity index (χ3n) is 6.35. The second-order valence-electron chi connectivity index (χ2n) is 8.37. The smallest absolute Gasteiger partial charge is 0.270 e. The van der Waals surface area contributed by atoms with E-state index in [1.54, 1.807) is 4.90 Å². The third-order valence-corrected chi connectivity index (χ3v) is 6.35. The van der Waals surface area contributed by atoms with Gasteiger partial charge in [-0.3, -0.25) is 14.6 Å². The van der Waals surface area contributed by atoms with E-state index in [1.807, 2.05) is 12.1 Å². The summed E-state index contributed by atoms with van der Waals surface area (Å²) in [6, 6.07) is 15.3. The van der Waals surface area contributed by atoms with E-state index >= 15 is 0 Å². The minimum absolute atomic E-state index is 0.146. The van der Waals surface area contributed by atoms with Gasteiger partial charge in [0, 0.05) is 36.6 Å². The normalized spacial score (nSPS) is 19.4. The summed E-state index contributed by atoms with van der Waals surface area (Å²) in [5.74, 6) is -0.762. The number of primary amides is 1. The molecule has 1 atom stereocenters. The van der Waals surface area contributed by atoms with Gasteiger partial charge in [-0.25, -0.2) is 4.39 Å². The van der Waals surface area contributed by atoms with Crippen molar-refractivity contribution in [2.75, 3.05) is 18.1 Å². The third kappa shape index (κ3) is 3.72. The predicted octanol–water partition coefficient (Wildman–Crippen LogP) is 3.13. The van der Waals surface area contributed by atoms with Crippen LogP contribution in [-0.4, -0.2) is 46.5 Å². The van der Waals surface area contributed by atoms with E-state index in [2.05, 4.69) is 28.3 Å². The molecule has 2 aromatic carbocycles. The number of aromatic amines is 1. The molecule has 2 aliphatic rings. The highest BCUT2D eigenvalue weighted by Gasteiger charge is 2.37. The lowest BCUT2D eigenvalue weighted by Crippen LogP contribution is -2.42. The van der Waals surface area contributed by atoms with Gasteiger partial charge in [0.05, 0.1) is 5.69 Å². The number of fused-ring (bicyclic) bond motifs is 1. The number of H-pyrrole nitrogens is 1. The van der Waals surface area contributed by atoms with Crippen LogP contribution in [0.4, 0.5) is 10.1 Å². The number of nitrogens with two attached hydrogens (primary N) is 1. The van der Waals surface area contributed by atoms with E-state index in [1.165, 1.54) is 40.4 Å². The molecule has 5 rings (SSSR count). The van der Waals surface area contributed by atoms with Gasteiger partial charge in [-0.1, -0.05) is 18.2 Å². The molecule has 0 saturated carbocycles. The molecule has 2 amide bonds. The fourth-order valence-electron chi connectivity index (χ4n) is 4.58. The number of para-hydroxylation sites is 1. The van der Waals surface area contributed by atoms with Gasteiger partial charge in [-0.2, -0.15) is 5.10 Å². The Hall–Kier alpha value is -3.68. The van der Waals surface area contributed by atoms with Crippen LogP contribution in [0.25, 0.3) is 10.9 Å². The number of amides is 2. The minimum atomic E-state index is -0.761. The maximum atomic E-state index is 13.3. The van der Waals surface area contributed by atoms with Crippen molar-refractivity contribution in [1.82, 2.24) is 9.88 Å². The highest BCUT2D eigenvalue weighted by Crippen LogP contribution is 2.31. The number of anilines is 1. The van der Waals surface area contributed by atoms with Crippen molar-refractivity contribution in [1.29, 1.82) is 0 Å². The monoisotopic (exact) mass is 433 g/mol. The quantitative estimate of drug-likeness (QED) is 0.662. The molecule has 0 spiro atoms. The van der Waals surface area contributed by atoms with Crippen molar-refractivity contribution in [2.24, 2.45) is 10.8 Å². The van der Waals surface area contributed by atoms with Crippen molar-refractivity contribution in [3.05, 3.63) is 66.1 Å². The number of carbonyl (C=O) groups is 2. The fourth-order valence-corrected chi connectivity index (χ4v) is 4.58. The molecule has 8 heteroatoms. The molecule has 1 fully saturated rings. The summed E-state index contributed by atoms with van der Waals surface area (Å²) in [5, 5.41) is 7.02. The average Bonchev–Trinajstić information content (AvgIpc) is 3.44. The van der Waals surface area contributed by atoms with Crippen molar-refractivity contribution in [2.45, 2.75) is 31.2 Å². The predicted molar refractivity (Wildman–Crippen MR) is 121 cm³/mol. The highest BCUT2D eigenvalue weighted by molar-refractivity contribution is 6.40. The Kier molecular flexibility index (Phi) is 5.13. The van der Waals surface area contributed by atoms with E-state index < -0.39 is 11.9 Å². The second kappa shape index (κ2) is 8.11. The molecule has 3 heterocycles. The molecule has 1 aromatic heterocycles. The van der Waals surface area contributed by atoms with Gasteiger partial charge in [0.1, 0.15) is 17.6 Å². The zero-order valence-corrected chi connectivity index (χ0v) is 17.5. The molecule has 0 radical (unpaired) electrons. The van der Waals surface area contributed by atoms with Gasteiger partial charge in [-0.05, 0) is 54.6 Å². The van der Waals surface area contributed by atoms with Crippen LogP contribution in [0, 0.1) is 5.82 Å². The van der Waals surface area contributed by atoms with Crippen molar-refractivity contribution in [3.8, 4) is 0 Å². The van der Waals surface area contributed by atoms with Crippen LogP contribution >= 0.6 is 0 Å². The number of aromatic nitrogens is 1. The number of hydrogen-bond donors (Lipinski definition) is 2. The molecular formula is C24H24FN5O2. The SMILES string of the molecule is NC(=O)C1CC(C(=O)N2CCC(c3cc4ccccc4[nH]3)CC2)=NN1c1ccc(F)cc1. The van der Waals surface area contributed by atoms with Crippen LogP contribution in [0.2, 0.25) is 0 Å². The lowest BCUT2D eigenvalue weighted by Gasteiger charge is -2.31. The van der Waals surface area contributed by atoms with Gasteiger partial charge in [-0.15, -0.1) is 0 Å².